The lowest BCUT2D eigenvalue weighted by molar-refractivity contribution is 0.187. The van der Waals surface area contributed by atoms with Crippen molar-refractivity contribution >= 4 is 11.7 Å². The summed E-state index contributed by atoms with van der Waals surface area (Å²) >= 11 is 0. The smallest absolute Gasteiger partial charge is 0.325 e. The van der Waals surface area contributed by atoms with E-state index >= 15 is 0 Å². The minimum Gasteiger partial charge on any atom is -0.508 e. The van der Waals surface area contributed by atoms with Crippen molar-refractivity contribution in [2.45, 2.75) is 38.8 Å². The van der Waals surface area contributed by atoms with Crippen LogP contribution in [0.15, 0.2) is 24.3 Å². The highest BCUT2D eigenvalue weighted by molar-refractivity contribution is 5.95. The first-order chi connectivity index (χ1) is 9.08. The summed E-state index contributed by atoms with van der Waals surface area (Å²) in [4.78, 5) is 16.5. The fourth-order valence-corrected chi connectivity index (χ4v) is 2.79. The number of amides is 2. The monoisotopic (exact) mass is 260 g/mol. The average molecular weight is 260 g/mol. The summed E-state index contributed by atoms with van der Waals surface area (Å²) in [5.41, 5.74) is 0.872. The number of carbonyl (C=O) groups excluding carboxylic acids is 1. The van der Waals surface area contributed by atoms with Gasteiger partial charge in [-0.2, -0.15) is 0 Å². The van der Waals surface area contributed by atoms with Crippen LogP contribution in [0.5, 0.6) is 5.75 Å². The van der Waals surface area contributed by atoms with Crippen molar-refractivity contribution in [1.29, 1.82) is 0 Å². The van der Waals surface area contributed by atoms with Crippen LogP contribution in [0.1, 0.15) is 26.7 Å². The molecule has 102 valence electrons. The highest BCUT2D eigenvalue weighted by Crippen LogP contribution is 2.37. The largest absolute Gasteiger partial charge is 0.508 e. The first kappa shape index (κ1) is 12.3. The van der Waals surface area contributed by atoms with Crippen molar-refractivity contribution in [1.82, 2.24) is 4.90 Å². The molecule has 1 aromatic carbocycles. The van der Waals surface area contributed by atoms with Crippen molar-refractivity contribution in [2.24, 2.45) is 5.92 Å². The molecule has 2 aliphatic rings. The van der Waals surface area contributed by atoms with Gasteiger partial charge in [0.2, 0.25) is 0 Å². The van der Waals surface area contributed by atoms with Gasteiger partial charge in [0.1, 0.15) is 5.75 Å². The minimum atomic E-state index is 0.117. The van der Waals surface area contributed by atoms with E-state index in [-0.39, 0.29) is 11.8 Å². The molecule has 1 unspecified atom stereocenters. The van der Waals surface area contributed by atoms with Crippen LogP contribution in [-0.2, 0) is 0 Å². The lowest BCUT2D eigenvalue weighted by Gasteiger charge is -2.25. The van der Waals surface area contributed by atoms with Crippen molar-refractivity contribution in [3.05, 3.63) is 24.3 Å². The number of phenolic OH excluding ortho intramolecular Hbond substituents is 1. The van der Waals surface area contributed by atoms with Gasteiger partial charge in [-0.3, -0.25) is 4.90 Å². The average Bonchev–Trinajstić information content (AvgIpc) is 3.14. The molecule has 1 aromatic rings. The quantitative estimate of drug-likeness (QED) is 0.908. The minimum absolute atomic E-state index is 0.117. The van der Waals surface area contributed by atoms with Crippen LogP contribution in [0, 0.1) is 5.92 Å². The number of nitrogens with zero attached hydrogens (tertiary/aromatic N) is 2. The van der Waals surface area contributed by atoms with Crippen molar-refractivity contribution < 1.29 is 9.90 Å². The third-order valence-electron chi connectivity index (χ3n) is 4.05. The van der Waals surface area contributed by atoms with E-state index in [4.69, 9.17) is 0 Å². The van der Waals surface area contributed by atoms with Crippen LogP contribution >= 0.6 is 0 Å². The van der Waals surface area contributed by atoms with Crippen LogP contribution in [0.3, 0.4) is 0 Å². The summed E-state index contributed by atoms with van der Waals surface area (Å²) in [6.07, 6.45) is 2.27. The first-order valence-electron chi connectivity index (χ1n) is 6.97. The maximum Gasteiger partial charge on any atom is 0.325 e. The molecule has 1 saturated heterocycles. The lowest BCUT2D eigenvalue weighted by atomic mass is 10.0. The van der Waals surface area contributed by atoms with Crippen LogP contribution in [0.2, 0.25) is 0 Å². The Kier molecular flexibility index (Phi) is 2.88. The van der Waals surface area contributed by atoms with Gasteiger partial charge in [0.05, 0.1) is 6.04 Å². The van der Waals surface area contributed by atoms with Crippen LogP contribution in [-0.4, -0.2) is 34.7 Å². The molecular weight excluding hydrogens is 240 g/mol. The van der Waals surface area contributed by atoms with E-state index in [1.165, 1.54) is 0 Å². The summed E-state index contributed by atoms with van der Waals surface area (Å²) in [6, 6.07) is 7.74. The van der Waals surface area contributed by atoms with Gasteiger partial charge in [0.25, 0.3) is 0 Å². The van der Waals surface area contributed by atoms with Crippen LogP contribution in [0.25, 0.3) is 0 Å². The number of aromatic hydroxyl groups is 1. The number of rotatable bonds is 3. The van der Waals surface area contributed by atoms with Crippen molar-refractivity contribution in [3.63, 3.8) is 0 Å². The van der Waals surface area contributed by atoms with E-state index in [1.807, 2.05) is 4.90 Å². The van der Waals surface area contributed by atoms with Gasteiger partial charge in [-0.1, -0.05) is 13.8 Å². The Hall–Kier alpha value is -1.71. The Bertz CT molecular complexity index is 479. The Morgan fingerprint density at radius 2 is 1.84 bits per heavy atom. The number of hydrogen-bond donors (Lipinski definition) is 1. The third-order valence-corrected chi connectivity index (χ3v) is 4.05. The number of urea groups is 1. The fraction of sp³-hybridized carbons (Fsp3) is 0.533. The van der Waals surface area contributed by atoms with Gasteiger partial charge >= 0.3 is 6.03 Å². The van der Waals surface area contributed by atoms with Crippen LogP contribution in [0.4, 0.5) is 10.5 Å². The molecule has 4 nitrogen and oxygen atoms in total. The maximum atomic E-state index is 12.6. The SMILES string of the molecule is CC(C)C1CN(c2ccc(O)cc2)C(=O)N1C1CC1. The molecule has 0 aromatic heterocycles. The predicted molar refractivity (Wildman–Crippen MR) is 74.3 cm³/mol. The van der Waals surface area contributed by atoms with Gasteiger partial charge in [-0.25, -0.2) is 4.79 Å². The number of benzene rings is 1. The number of carbonyl (C=O) groups is 1. The number of anilines is 1. The molecule has 1 N–H and O–H groups in total. The van der Waals surface area contributed by atoms with Crippen molar-refractivity contribution in [3.8, 4) is 5.75 Å². The lowest BCUT2D eigenvalue weighted by Crippen LogP contribution is -2.39. The summed E-state index contributed by atoms with van der Waals surface area (Å²) in [7, 11) is 0. The molecular formula is C15H20N2O2. The second-order valence-corrected chi connectivity index (χ2v) is 5.86. The summed E-state index contributed by atoms with van der Waals surface area (Å²) in [5.74, 6) is 0.696. The van der Waals surface area contributed by atoms with E-state index in [2.05, 4.69) is 18.7 Å². The summed E-state index contributed by atoms with van der Waals surface area (Å²) < 4.78 is 0. The highest BCUT2D eigenvalue weighted by atomic mass is 16.3. The molecule has 2 amide bonds. The van der Waals surface area contributed by atoms with Gasteiger partial charge < -0.3 is 10.0 Å². The normalized spacial score (nSPS) is 23.5. The summed E-state index contributed by atoms with van der Waals surface area (Å²) in [6.45, 7) is 5.10. The maximum absolute atomic E-state index is 12.6. The topological polar surface area (TPSA) is 43.8 Å². The predicted octanol–water partition coefficient (Wildman–Crippen LogP) is 2.82. The Morgan fingerprint density at radius 1 is 1.21 bits per heavy atom. The van der Waals surface area contributed by atoms with E-state index in [9.17, 15) is 9.90 Å². The molecule has 1 saturated carbocycles. The Labute approximate surface area is 113 Å². The van der Waals surface area contributed by atoms with E-state index in [0.29, 0.717) is 18.0 Å². The van der Waals surface area contributed by atoms with Crippen LogP contribution < -0.4 is 4.90 Å². The molecule has 4 heteroatoms. The molecule has 3 rings (SSSR count). The number of hydrogen-bond acceptors (Lipinski definition) is 2. The standard InChI is InChI=1S/C15H20N2O2/c1-10(2)14-9-16(11-5-7-13(18)8-6-11)15(19)17(14)12-3-4-12/h5-8,10,12,14,18H,3-4,9H2,1-2H3. The van der Waals surface area contributed by atoms with Gasteiger partial charge in [0, 0.05) is 18.3 Å². The number of phenols is 1. The third kappa shape index (κ3) is 2.15. The van der Waals surface area contributed by atoms with E-state index in [0.717, 1.165) is 25.1 Å². The highest BCUT2D eigenvalue weighted by Gasteiger charge is 2.46. The Morgan fingerprint density at radius 3 is 2.37 bits per heavy atom. The van der Waals surface area contributed by atoms with E-state index < -0.39 is 0 Å². The molecule has 1 heterocycles. The Balaban J connectivity index is 1.87. The van der Waals surface area contributed by atoms with Crippen molar-refractivity contribution in [2.75, 3.05) is 11.4 Å². The van der Waals surface area contributed by atoms with Gasteiger partial charge in [-0.15, -0.1) is 0 Å². The molecule has 1 atom stereocenters. The zero-order valence-corrected chi connectivity index (χ0v) is 11.4. The van der Waals surface area contributed by atoms with Gasteiger partial charge in [0.15, 0.2) is 0 Å². The summed E-state index contributed by atoms with van der Waals surface area (Å²) in [5, 5.41) is 9.34. The van der Waals surface area contributed by atoms with E-state index in [1.54, 1.807) is 24.3 Å². The molecule has 0 bridgehead atoms. The molecule has 1 aliphatic heterocycles. The molecule has 1 aliphatic carbocycles. The molecule has 0 spiro atoms. The molecule has 2 fully saturated rings. The zero-order valence-electron chi connectivity index (χ0n) is 11.4. The second kappa shape index (κ2) is 4.44. The van der Waals surface area contributed by atoms with Gasteiger partial charge in [-0.05, 0) is 43.0 Å². The fourth-order valence-electron chi connectivity index (χ4n) is 2.79. The first-order valence-corrected chi connectivity index (χ1v) is 6.97. The molecule has 0 radical (unpaired) electrons. The molecule has 19 heavy (non-hydrogen) atoms. The zero-order chi connectivity index (χ0) is 13.6. The second-order valence-electron chi connectivity index (χ2n) is 5.86.